The molecular weight excluding hydrogens is 415 g/mol. The van der Waals surface area contributed by atoms with Crippen LogP contribution in [0.25, 0.3) is 0 Å². The monoisotopic (exact) mass is 422 g/mol. The summed E-state index contributed by atoms with van der Waals surface area (Å²) in [6.07, 6.45) is 0. The van der Waals surface area contributed by atoms with Crippen molar-refractivity contribution in [2.45, 2.75) is 5.38 Å². The Morgan fingerprint density at radius 1 is 1.11 bits per heavy atom. The number of rotatable bonds is 2. The van der Waals surface area contributed by atoms with Crippen molar-refractivity contribution >= 4 is 54.8 Å². The van der Waals surface area contributed by atoms with Gasteiger partial charge in [0, 0.05) is 13.8 Å². The van der Waals surface area contributed by atoms with Gasteiger partial charge >= 0.3 is 0 Å². The summed E-state index contributed by atoms with van der Waals surface area (Å²) in [5.41, 5.74) is 0.981. The molecule has 2 aromatic rings. The average Bonchev–Trinajstić information content (AvgIpc) is 2.83. The number of hydrogen-bond acceptors (Lipinski definition) is 3. The van der Waals surface area contributed by atoms with Gasteiger partial charge in [-0.25, -0.2) is 0 Å². The average molecular weight is 425 g/mol. The minimum atomic E-state index is -0.223. The highest BCUT2D eigenvalue weighted by atomic mass is 79.9. The Balaban J connectivity index is 2.03. The van der Waals surface area contributed by atoms with Gasteiger partial charge in [-0.05, 0) is 45.1 Å². The summed E-state index contributed by atoms with van der Waals surface area (Å²) < 4.78 is 13.1. The van der Waals surface area contributed by atoms with E-state index >= 15 is 0 Å². The van der Waals surface area contributed by atoms with Gasteiger partial charge < -0.3 is 9.47 Å². The molecule has 0 bridgehead atoms. The van der Waals surface area contributed by atoms with Crippen LogP contribution in [0.5, 0.6) is 11.5 Å². The van der Waals surface area contributed by atoms with Crippen LogP contribution in [0.1, 0.15) is 15.8 Å². The molecule has 0 radical (unpaired) electrons. The van der Waals surface area contributed by atoms with E-state index in [2.05, 4.69) is 31.9 Å². The van der Waals surface area contributed by atoms with E-state index in [-0.39, 0.29) is 5.38 Å². The van der Waals surface area contributed by atoms with Crippen LogP contribution < -0.4 is 9.47 Å². The largest absolute Gasteiger partial charge is 0.486 e. The normalized spacial score (nSPS) is 15.3. The molecule has 1 atom stereocenters. The van der Waals surface area contributed by atoms with Crippen LogP contribution in [-0.4, -0.2) is 13.2 Å². The van der Waals surface area contributed by atoms with Gasteiger partial charge in [0.05, 0.1) is 5.38 Å². The first-order valence-corrected chi connectivity index (χ1v) is 8.53. The molecule has 2 heterocycles. The van der Waals surface area contributed by atoms with Crippen molar-refractivity contribution < 1.29 is 9.47 Å². The summed E-state index contributed by atoms with van der Waals surface area (Å²) in [5.74, 6) is 1.51. The van der Waals surface area contributed by atoms with E-state index < -0.39 is 0 Å². The quantitative estimate of drug-likeness (QED) is 0.603. The summed E-state index contributed by atoms with van der Waals surface area (Å²) in [6, 6.07) is 5.87. The number of thiophene rings is 1. The smallest absolute Gasteiger partial charge is 0.162 e. The summed E-state index contributed by atoms with van der Waals surface area (Å²) >= 11 is 15.3. The van der Waals surface area contributed by atoms with Crippen LogP contribution in [0.2, 0.25) is 0 Å². The van der Waals surface area contributed by atoms with E-state index in [0.717, 1.165) is 30.9 Å². The van der Waals surface area contributed by atoms with Gasteiger partial charge in [-0.2, -0.15) is 0 Å². The number of ether oxygens (including phenoxy) is 2. The van der Waals surface area contributed by atoms with Crippen molar-refractivity contribution in [2.75, 3.05) is 13.2 Å². The highest BCUT2D eigenvalue weighted by Crippen LogP contribution is 2.44. The second-order valence-corrected chi connectivity index (χ2v) is 7.11. The van der Waals surface area contributed by atoms with Gasteiger partial charge in [0.1, 0.15) is 13.2 Å². The second kappa shape index (κ2) is 5.64. The lowest BCUT2D eigenvalue weighted by Crippen LogP contribution is -2.15. The molecule has 0 N–H and O–H groups in total. The Bertz CT molecular complexity index is 615. The molecule has 19 heavy (non-hydrogen) atoms. The summed E-state index contributed by atoms with van der Waals surface area (Å²) in [5, 5.41) is 1.79. The molecule has 1 aromatic heterocycles. The molecular formula is C13H9Br2ClO2S. The number of halogens is 3. The van der Waals surface area contributed by atoms with Gasteiger partial charge in [0.2, 0.25) is 0 Å². The zero-order valence-corrected chi connectivity index (χ0v) is 14.4. The zero-order chi connectivity index (χ0) is 13.4. The van der Waals surface area contributed by atoms with E-state index in [4.69, 9.17) is 21.1 Å². The first-order chi connectivity index (χ1) is 9.16. The highest BCUT2D eigenvalue weighted by Gasteiger charge is 2.22. The first kappa shape index (κ1) is 13.7. The maximum Gasteiger partial charge on any atom is 0.162 e. The minimum absolute atomic E-state index is 0.223. The maximum atomic E-state index is 6.58. The third-order valence-corrected chi connectivity index (χ3v) is 6.01. The fraction of sp³-hybridized carbons (Fsp3) is 0.231. The summed E-state index contributed by atoms with van der Waals surface area (Å²) in [6.45, 7) is 1.16. The molecule has 0 aliphatic carbocycles. The molecule has 2 nitrogen and oxygen atoms in total. The molecule has 1 aliphatic heterocycles. The van der Waals surface area contributed by atoms with E-state index in [0.29, 0.717) is 13.2 Å². The van der Waals surface area contributed by atoms with Gasteiger partial charge in [-0.15, -0.1) is 22.9 Å². The Kier molecular flexibility index (Phi) is 4.08. The minimum Gasteiger partial charge on any atom is -0.486 e. The Labute approximate surface area is 136 Å². The van der Waals surface area contributed by atoms with Gasteiger partial charge in [0.15, 0.2) is 11.5 Å². The van der Waals surface area contributed by atoms with Crippen LogP contribution in [0, 0.1) is 0 Å². The third kappa shape index (κ3) is 2.66. The van der Waals surface area contributed by atoms with Crippen molar-refractivity contribution in [1.29, 1.82) is 0 Å². The molecule has 1 aliphatic rings. The van der Waals surface area contributed by atoms with Crippen LogP contribution in [-0.2, 0) is 0 Å². The zero-order valence-electron chi connectivity index (χ0n) is 9.66. The van der Waals surface area contributed by atoms with E-state index in [9.17, 15) is 0 Å². The van der Waals surface area contributed by atoms with E-state index in [1.54, 1.807) is 11.3 Å². The molecule has 0 spiro atoms. The molecule has 0 saturated carbocycles. The highest BCUT2D eigenvalue weighted by molar-refractivity contribution is 9.10. The number of benzene rings is 1. The molecule has 100 valence electrons. The Morgan fingerprint density at radius 3 is 2.42 bits per heavy atom. The van der Waals surface area contributed by atoms with Crippen molar-refractivity contribution in [3.63, 3.8) is 0 Å². The van der Waals surface area contributed by atoms with Crippen molar-refractivity contribution in [1.82, 2.24) is 0 Å². The molecule has 6 heteroatoms. The number of alkyl halides is 1. The number of hydrogen-bond donors (Lipinski definition) is 0. The molecule has 3 rings (SSSR count). The van der Waals surface area contributed by atoms with E-state index in [1.165, 1.54) is 0 Å². The predicted octanol–water partition coefficient (Wildman–Crippen LogP) is 5.37. The first-order valence-electron chi connectivity index (χ1n) is 5.63. The Hall–Kier alpha value is -0.230. The van der Waals surface area contributed by atoms with Gasteiger partial charge in [-0.1, -0.05) is 15.9 Å². The summed E-state index contributed by atoms with van der Waals surface area (Å²) in [7, 11) is 0. The van der Waals surface area contributed by atoms with Crippen LogP contribution >= 0.6 is 54.8 Å². The maximum absolute atomic E-state index is 6.58. The van der Waals surface area contributed by atoms with Crippen molar-refractivity contribution in [2.24, 2.45) is 0 Å². The fourth-order valence-electron chi connectivity index (χ4n) is 1.90. The SMILES string of the molecule is ClC(c1cc2c(cc1Br)OCCO2)c1sccc1Br. The second-order valence-electron chi connectivity index (χ2n) is 4.01. The van der Waals surface area contributed by atoms with Crippen LogP contribution in [0.3, 0.4) is 0 Å². The lowest BCUT2D eigenvalue weighted by atomic mass is 10.1. The molecule has 0 fully saturated rings. The molecule has 1 aromatic carbocycles. The lowest BCUT2D eigenvalue weighted by Gasteiger charge is -2.21. The van der Waals surface area contributed by atoms with E-state index in [1.807, 2.05) is 23.6 Å². The molecule has 1 unspecified atom stereocenters. The van der Waals surface area contributed by atoms with Gasteiger partial charge in [0.25, 0.3) is 0 Å². The molecule has 0 amide bonds. The van der Waals surface area contributed by atoms with Crippen molar-refractivity contribution in [3.8, 4) is 11.5 Å². The van der Waals surface area contributed by atoms with Gasteiger partial charge in [-0.3, -0.25) is 0 Å². The van der Waals surface area contributed by atoms with Crippen molar-refractivity contribution in [3.05, 3.63) is 43.0 Å². The van der Waals surface area contributed by atoms with Crippen LogP contribution in [0.4, 0.5) is 0 Å². The summed E-state index contributed by atoms with van der Waals surface area (Å²) in [4.78, 5) is 1.08. The third-order valence-electron chi connectivity index (χ3n) is 2.81. The fourth-order valence-corrected chi connectivity index (χ4v) is 4.76. The topological polar surface area (TPSA) is 18.5 Å². The number of fused-ring (bicyclic) bond motifs is 1. The standard InChI is InChI=1S/C13H9Br2ClO2S/c14-8-1-4-19-13(8)12(16)7-5-10-11(6-9(7)15)18-3-2-17-10/h1,4-6,12H,2-3H2. The predicted molar refractivity (Wildman–Crippen MR) is 84.8 cm³/mol. The lowest BCUT2D eigenvalue weighted by molar-refractivity contribution is 0.171. The van der Waals surface area contributed by atoms with Crippen LogP contribution in [0.15, 0.2) is 32.5 Å². The Morgan fingerprint density at radius 2 is 1.79 bits per heavy atom. The molecule has 0 saturated heterocycles.